The molecule has 0 atom stereocenters. The number of fused-ring (bicyclic) bond motifs is 1. The molecule has 7 nitrogen and oxygen atoms in total. The second-order valence-electron chi connectivity index (χ2n) is 12.8. The summed E-state index contributed by atoms with van der Waals surface area (Å²) in [4.78, 5) is 28.3. The van der Waals surface area contributed by atoms with Crippen LogP contribution in [0.1, 0.15) is 54.7 Å². The predicted molar refractivity (Wildman–Crippen MR) is 175 cm³/mol. The maximum atomic E-state index is 13.5. The first-order chi connectivity index (χ1) is 20.8. The van der Waals surface area contributed by atoms with Gasteiger partial charge in [-0.15, -0.1) is 0 Å². The van der Waals surface area contributed by atoms with Crippen LogP contribution in [0.4, 0.5) is 10.5 Å². The van der Waals surface area contributed by atoms with Crippen LogP contribution in [0.5, 0.6) is 0 Å². The van der Waals surface area contributed by atoms with Crippen molar-refractivity contribution in [1.82, 2.24) is 9.78 Å². The fourth-order valence-electron chi connectivity index (χ4n) is 5.54. The van der Waals surface area contributed by atoms with E-state index in [9.17, 15) is 9.59 Å². The summed E-state index contributed by atoms with van der Waals surface area (Å²) in [6.45, 7) is 8.14. The van der Waals surface area contributed by atoms with Crippen LogP contribution in [-0.4, -0.2) is 30.6 Å². The Bertz CT molecular complexity index is 1560. The van der Waals surface area contributed by atoms with Crippen molar-refractivity contribution >= 4 is 30.6 Å². The van der Waals surface area contributed by atoms with Gasteiger partial charge in [0.2, 0.25) is 0 Å². The fourth-order valence-corrected chi connectivity index (χ4v) is 6.29. The van der Waals surface area contributed by atoms with E-state index in [0.29, 0.717) is 35.5 Å². The van der Waals surface area contributed by atoms with Gasteiger partial charge in [-0.05, 0) is 59.7 Å². The van der Waals surface area contributed by atoms with E-state index < -0.39 is 14.2 Å². The highest BCUT2D eigenvalue weighted by atomic mass is 28.3. The predicted octanol–water partition coefficient (Wildman–Crippen LogP) is 8.10. The summed E-state index contributed by atoms with van der Waals surface area (Å²) in [6, 6.07) is 24.7. The highest BCUT2D eigenvalue weighted by molar-refractivity contribution is 6.76. The zero-order valence-electron chi connectivity index (χ0n) is 25.6. The Morgan fingerprint density at radius 2 is 1.70 bits per heavy atom. The molecule has 0 aliphatic heterocycles. The summed E-state index contributed by atoms with van der Waals surface area (Å²) in [7, 11) is -1.22. The highest BCUT2D eigenvalue weighted by Gasteiger charge is 2.21. The summed E-state index contributed by atoms with van der Waals surface area (Å²) < 4.78 is 12.9. The molecule has 0 saturated heterocycles. The number of aromatic nitrogens is 2. The molecule has 1 aliphatic rings. The van der Waals surface area contributed by atoms with Crippen LogP contribution in [-0.2, 0) is 29.4 Å². The first kappa shape index (κ1) is 30.7. The maximum absolute atomic E-state index is 13.5. The zero-order valence-corrected chi connectivity index (χ0v) is 26.6. The number of rotatable bonds is 11. The monoisotopic (exact) mass is 597 g/mol. The molecule has 1 heterocycles. The topological polar surface area (TPSA) is 73.7 Å². The largest absolute Gasteiger partial charge is 0.444 e. The Labute approximate surface area is 255 Å². The molecular formula is C35H43N3O4Si. The molecule has 0 N–H and O–H groups in total. The van der Waals surface area contributed by atoms with E-state index >= 15 is 0 Å². The van der Waals surface area contributed by atoms with Gasteiger partial charge < -0.3 is 9.47 Å². The number of amides is 1. The second kappa shape index (κ2) is 14.1. The Morgan fingerprint density at radius 1 is 0.953 bits per heavy atom. The molecule has 8 heteroatoms. The van der Waals surface area contributed by atoms with Crippen molar-refractivity contribution < 1.29 is 14.3 Å². The van der Waals surface area contributed by atoms with E-state index in [0.717, 1.165) is 17.2 Å². The van der Waals surface area contributed by atoms with Crippen LogP contribution in [0.2, 0.25) is 25.7 Å². The molecule has 3 aromatic carbocycles. The van der Waals surface area contributed by atoms with Crippen molar-refractivity contribution in [2.24, 2.45) is 0 Å². The van der Waals surface area contributed by atoms with Crippen LogP contribution < -0.4 is 10.5 Å². The molecule has 0 spiro atoms. The summed E-state index contributed by atoms with van der Waals surface area (Å²) in [5.74, 6) is 0.623. The maximum Gasteiger partial charge on any atom is 0.414 e. The van der Waals surface area contributed by atoms with Crippen LogP contribution >= 0.6 is 0 Å². The lowest BCUT2D eigenvalue weighted by Crippen LogP contribution is -2.31. The van der Waals surface area contributed by atoms with Gasteiger partial charge in [0.15, 0.2) is 0 Å². The van der Waals surface area contributed by atoms with Crippen LogP contribution in [0.3, 0.4) is 0 Å². The van der Waals surface area contributed by atoms with Crippen molar-refractivity contribution in [2.75, 3.05) is 11.5 Å². The first-order valence-electron chi connectivity index (χ1n) is 15.4. The third kappa shape index (κ3) is 8.42. The van der Waals surface area contributed by atoms with Gasteiger partial charge in [0.1, 0.15) is 13.3 Å². The number of nitrogens with zero attached hydrogens (tertiary/aromatic N) is 3. The summed E-state index contributed by atoms with van der Waals surface area (Å²) in [5.41, 5.74) is 3.74. The van der Waals surface area contributed by atoms with E-state index in [1.54, 1.807) is 23.2 Å². The smallest absolute Gasteiger partial charge is 0.414 e. The van der Waals surface area contributed by atoms with E-state index in [-0.39, 0.29) is 18.9 Å². The van der Waals surface area contributed by atoms with Gasteiger partial charge >= 0.3 is 6.09 Å². The van der Waals surface area contributed by atoms with E-state index in [1.165, 1.54) is 42.3 Å². The lowest BCUT2D eigenvalue weighted by atomic mass is 9.84. The number of ether oxygens (including phenoxy) is 2. The molecule has 1 aliphatic carbocycles. The molecule has 1 amide bonds. The average molecular weight is 598 g/mol. The summed E-state index contributed by atoms with van der Waals surface area (Å²) in [6.07, 6.45) is 7.62. The van der Waals surface area contributed by atoms with Crippen LogP contribution in [0, 0.1) is 0 Å². The third-order valence-electron chi connectivity index (χ3n) is 8.18. The van der Waals surface area contributed by atoms with Crippen molar-refractivity contribution in [3.8, 4) is 0 Å². The summed E-state index contributed by atoms with van der Waals surface area (Å²) in [5, 5.41) is 5.55. The molecule has 0 radical (unpaired) electrons. The highest BCUT2D eigenvalue weighted by Crippen LogP contribution is 2.33. The molecular weight excluding hydrogens is 554 g/mol. The molecule has 1 aromatic heterocycles. The number of carbonyl (C=O) groups is 1. The molecule has 0 unspecified atom stereocenters. The normalized spacial score (nSPS) is 14.1. The fraction of sp³-hybridized carbons (Fsp3) is 0.400. The molecule has 5 rings (SSSR count). The number of anilines is 1. The minimum atomic E-state index is -1.22. The standard InChI is InChI=1S/C35H43N3O4Si/c1-43(2,3)21-20-41-26-38-34(39)33-19-18-32(22-31(33)23-36-38)37(35(40)42-25-28-10-6-4-7-11-28)24-27-14-16-30(17-15-27)29-12-8-5-9-13-29/h4,6-7,10-11,14-19,22-23,29H,5,8-9,12-13,20-21,24-26H2,1-3H3. The number of hydrogen-bond donors (Lipinski definition) is 0. The van der Waals surface area contributed by atoms with E-state index in [1.807, 2.05) is 36.4 Å². The van der Waals surface area contributed by atoms with Crippen molar-refractivity contribution in [2.45, 2.75) is 83.6 Å². The zero-order chi connectivity index (χ0) is 30.2. The minimum absolute atomic E-state index is 0.121. The minimum Gasteiger partial charge on any atom is -0.444 e. The third-order valence-corrected chi connectivity index (χ3v) is 9.88. The van der Waals surface area contributed by atoms with Gasteiger partial charge in [0.25, 0.3) is 5.56 Å². The van der Waals surface area contributed by atoms with Gasteiger partial charge in [-0.3, -0.25) is 9.69 Å². The van der Waals surface area contributed by atoms with Crippen LogP contribution in [0.25, 0.3) is 10.8 Å². The van der Waals surface area contributed by atoms with Crippen molar-refractivity contribution in [1.29, 1.82) is 0 Å². The van der Waals surface area contributed by atoms with Gasteiger partial charge in [-0.25, -0.2) is 9.48 Å². The molecule has 43 heavy (non-hydrogen) atoms. The number of benzene rings is 3. The van der Waals surface area contributed by atoms with Gasteiger partial charge in [-0.1, -0.05) is 93.5 Å². The average Bonchev–Trinajstić information content (AvgIpc) is 3.02. The molecule has 1 fully saturated rings. The Balaban J connectivity index is 1.36. The second-order valence-corrected chi connectivity index (χ2v) is 18.4. The lowest BCUT2D eigenvalue weighted by Gasteiger charge is -2.24. The van der Waals surface area contributed by atoms with Crippen molar-refractivity contribution in [3.63, 3.8) is 0 Å². The van der Waals surface area contributed by atoms with Crippen molar-refractivity contribution in [3.05, 3.63) is 106 Å². The number of hydrogen-bond acceptors (Lipinski definition) is 5. The van der Waals surface area contributed by atoms with Gasteiger partial charge in [0, 0.05) is 25.8 Å². The SMILES string of the molecule is C[Si](C)(C)CCOCn1ncc2cc(N(Cc3ccc(C4CCCCC4)cc3)C(=O)OCc3ccccc3)ccc2c1=O. The first-order valence-corrected chi connectivity index (χ1v) is 19.1. The lowest BCUT2D eigenvalue weighted by molar-refractivity contribution is 0.0754. The molecule has 0 bridgehead atoms. The van der Waals surface area contributed by atoms with Gasteiger partial charge in [0.05, 0.1) is 18.1 Å². The Hall–Kier alpha value is -3.75. The molecule has 226 valence electrons. The van der Waals surface area contributed by atoms with Gasteiger partial charge in [-0.2, -0.15) is 5.10 Å². The van der Waals surface area contributed by atoms with E-state index in [4.69, 9.17) is 9.47 Å². The number of carbonyl (C=O) groups excluding carboxylic acids is 1. The molecule has 1 saturated carbocycles. The Morgan fingerprint density at radius 3 is 2.42 bits per heavy atom. The Kier molecular flexibility index (Phi) is 10.1. The summed E-state index contributed by atoms with van der Waals surface area (Å²) >= 11 is 0. The molecule has 4 aromatic rings. The quantitative estimate of drug-likeness (QED) is 0.129. The van der Waals surface area contributed by atoms with E-state index in [2.05, 4.69) is 49.0 Å². The van der Waals surface area contributed by atoms with Crippen LogP contribution in [0.15, 0.2) is 83.8 Å².